The second kappa shape index (κ2) is 6.46. The van der Waals surface area contributed by atoms with Crippen molar-refractivity contribution >= 4 is 29.2 Å². The summed E-state index contributed by atoms with van der Waals surface area (Å²) >= 11 is 0. The van der Waals surface area contributed by atoms with Gasteiger partial charge in [-0.3, -0.25) is 9.59 Å². The van der Waals surface area contributed by atoms with Crippen LogP contribution >= 0.6 is 0 Å². The third-order valence-electron chi connectivity index (χ3n) is 3.61. The Hall–Kier alpha value is -2.57. The van der Waals surface area contributed by atoms with Gasteiger partial charge in [0.15, 0.2) is 0 Å². The van der Waals surface area contributed by atoms with Crippen molar-refractivity contribution in [3.63, 3.8) is 0 Å². The molecule has 0 radical (unpaired) electrons. The number of hydrogen-bond acceptors (Lipinski definition) is 4. The molecule has 0 aliphatic carbocycles. The van der Waals surface area contributed by atoms with E-state index in [1.54, 1.807) is 17.0 Å². The van der Waals surface area contributed by atoms with Gasteiger partial charge in [0, 0.05) is 45.7 Å². The van der Waals surface area contributed by atoms with Crippen LogP contribution in [0.1, 0.15) is 24.2 Å². The molecule has 1 aromatic carbocycles. The summed E-state index contributed by atoms with van der Waals surface area (Å²) in [4.78, 5) is 37.6. The molecule has 118 valence electrons. The van der Waals surface area contributed by atoms with Crippen LogP contribution in [0.3, 0.4) is 0 Å². The zero-order chi connectivity index (χ0) is 16.3. The van der Waals surface area contributed by atoms with Crippen molar-refractivity contribution < 1.29 is 19.5 Å². The van der Waals surface area contributed by atoms with Crippen LogP contribution in [0.4, 0.5) is 11.4 Å². The minimum Gasteiger partial charge on any atom is -0.478 e. The van der Waals surface area contributed by atoms with Gasteiger partial charge in [-0.1, -0.05) is 0 Å². The van der Waals surface area contributed by atoms with Crippen LogP contribution in [0.2, 0.25) is 0 Å². The van der Waals surface area contributed by atoms with E-state index in [2.05, 4.69) is 5.32 Å². The van der Waals surface area contributed by atoms with Gasteiger partial charge in [0.25, 0.3) is 0 Å². The second-order valence-corrected chi connectivity index (χ2v) is 5.21. The minimum atomic E-state index is -1.05. The van der Waals surface area contributed by atoms with Crippen LogP contribution in [0.5, 0.6) is 0 Å². The Morgan fingerprint density at radius 1 is 1.09 bits per heavy atom. The van der Waals surface area contributed by atoms with Crippen molar-refractivity contribution in [3.8, 4) is 0 Å². The highest BCUT2D eigenvalue weighted by atomic mass is 16.4. The summed E-state index contributed by atoms with van der Waals surface area (Å²) in [5.74, 6) is -1.27. The summed E-state index contributed by atoms with van der Waals surface area (Å²) in [6.07, 6.45) is 0. The highest BCUT2D eigenvalue weighted by molar-refractivity contribution is 5.97. The first-order valence-electron chi connectivity index (χ1n) is 7.04. The molecule has 1 aliphatic heterocycles. The maximum atomic E-state index is 11.5. The molecule has 22 heavy (non-hydrogen) atoms. The largest absolute Gasteiger partial charge is 0.478 e. The predicted octanol–water partition coefficient (Wildman–Crippen LogP) is 1.01. The molecule has 0 unspecified atom stereocenters. The number of carboxylic acids is 1. The van der Waals surface area contributed by atoms with E-state index in [4.69, 9.17) is 0 Å². The molecule has 0 atom stereocenters. The molecular weight excluding hydrogens is 286 g/mol. The van der Waals surface area contributed by atoms with Gasteiger partial charge in [-0.25, -0.2) is 4.79 Å². The van der Waals surface area contributed by atoms with Crippen LogP contribution in [0.15, 0.2) is 18.2 Å². The van der Waals surface area contributed by atoms with E-state index >= 15 is 0 Å². The summed E-state index contributed by atoms with van der Waals surface area (Å²) in [7, 11) is 0. The fourth-order valence-electron chi connectivity index (χ4n) is 2.53. The molecule has 2 N–H and O–H groups in total. The monoisotopic (exact) mass is 305 g/mol. The molecule has 2 rings (SSSR count). The fraction of sp³-hybridized carbons (Fsp3) is 0.400. The van der Waals surface area contributed by atoms with Crippen LogP contribution in [0, 0.1) is 0 Å². The summed E-state index contributed by atoms with van der Waals surface area (Å²) in [6, 6.07) is 4.83. The van der Waals surface area contributed by atoms with E-state index in [0.717, 1.165) is 0 Å². The minimum absolute atomic E-state index is 0.0270. The molecule has 1 aromatic rings. The Morgan fingerprint density at radius 2 is 1.73 bits per heavy atom. The Kier molecular flexibility index (Phi) is 4.65. The molecule has 1 saturated heterocycles. The topological polar surface area (TPSA) is 90.0 Å². The maximum Gasteiger partial charge on any atom is 0.337 e. The first kappa shape index (κ1) is 15.8. The number of nitrogens with one attached hydrogen (secondary N) is 1. The SMILES string of the molecule is CC(=O)Nc1ccc(N2CCN(C(C)=O)CC2)c(C(=O)O)c1. The molecule has 0 saturated carbocycles. The molecule has 0 bridgehead atoms. The second-order valence-electron chi connectivity index (χ2n) is 5.21. The Morgan fingerprint density at radius 3 is 2.23 bits per heavy atom. The lowest BCUT2D eigenvalue weighted by molar-refractivity contribution is -0.129. The molecule has 0 aromatic heterocycles. The van der Waals surface area contributed by atoms with Gasteiger partial charge in [-0.15, -0.1) is 0 Å². The van der Waals surface area contributed by atoms with Gasteiger partial charge in [-0.2, -0.15) is 0 Å². The number of carbonyl (C=O) groups excluding carboxylic acids is 2. The standard InChI is InChI=1S/C15H19N3O4/c1-10(19)16-12-3-4-14(13(9-12)15(21)22)18-7-5-17(6-8-18)11(2)20/h3-4,9H,5-8H2,1-2H3,(H,16,19)(H,21,22). The number of benzene rings is 1. The highest BCUT2D eigenvalue weighted by Gasteiger charge is 2.22. The Bertz CT molecular complexity index is 607. The van der Waals surface area contributed by atoms with Gasteiger partial charge >= 0.3 is 5.97 Å². The lowest BCUT2D eigenvalue weighted by Gasteiger charge is -2.36. The number of anilines is 2. The van der Waals surface area contributed by atoms with E-state index in [-0.39, 0.29) is 17.4 Å². The van der Waals surface area contributed by atoms with Gasteiger partial charge in [0.2, 0.25) is 11.8 Å². The number of hydrogen-bond donors (Lipinski definition) is 2. The number of amides is 2. The number of rotatable bonds is 3. The molecule has 1 aliphatic rings. The predicted molar refractivity (Wildman–Crippen MR) is 82.2 cm³/mol. The van der Waals surface area contributed by atoms with E-state index in [1.165, 1.54) is 19.9 Å². The van der Waals surface area contributed by atoms with E-state index < -0.39 is 5.97 Å². The van der Waals surface area contributed by atoms with Crippen molar-refractivity contribution in [2.45, 2.75) is 13.8 Å². The van der Waals surface area contributed by atoms with Crippen LogP contribution < -0.4 is 10.2 Å². The van der Waals surface area contributed by atoms with Crippen molar-refractivity contribution in [2.75, 3.05) is 36.4 Å². The van der Waals surface area contributed by atoms with Crippen molar-refractivity contribution in [1.82, 2.24) is 4.90 Å². The Labute approximate surface area is 128 Å². The smallest absolute Gasteiger partial charge is 0.337 e. The van der Waals surface area contributed by atoms with Crippen molar-refractivity contribution in [1.29, 1.82) is 0 Å². The molecule has 2 amide bonds. The number of nitrogens with zero attached hydrogens (tertiary/aromatic N) is 2. The van der Waals surface area contributed by atoms with Gasteiger partial charge in [0.05, 0.1) is 11.3 Å². The van der Waals surface area contributed by atoms with Gasteiger partial charge in [0.1, 0.15) is 0 Å². The van der Waals surface area contributed by atoms with Gasteiger partial charge < -0.3 is 20.2 Å². The lowest BCUT2D eigenvalue weighted by Crippen LogP contribution is -2.48. The summed E-state index contributed by atoms with van der Waals surface area (Å²) in [6.45, 7) is 5.21. The summed E-state index contributed by atoms with van der Waals surface area (Å²) in [5, 5.41) is 12.0. The van der Waals surface area contributed by atoms with Crippen LogP contribution in [-0.4, -0.2) is 54.0 Å². The molecule has 1 fully saturated rings. The molecular formula is C15H19N3O4. The molecule has 1 heterocycles. The summed E-state index contributed by atoms with van der Waals surface area (Å²) < 4.78 is 0. The molecule has 0 spiro atoms. The van der Waals surface area contributed by atoms with Crippen molar-refractivity contribution in [2.24, 2.45) is 0 Å². The van der Waals surface area contributed by atoms with E-state index in [9.17, 15) is 19.5 Å². The lowest BCUT2D eigenvalue weighted by atomic mass is 10.1. The first-order chi connectivity index (χ1) is 10.4. The zero-order valence-corrected chi connectivity index (χ0v) is 12.6. The number of carbonyl (C=O) groups is 3. The average Bonchev–Trinajstić information content (AvgIpc) is 2.46. The number of piperazine rings is 1. The molecule has 7 nitrogen and oxygen atoms in total. The third-order valence-corrected chi connectivity index (χ3v) is 3.61. The van der Waals surface area contributed by atoms with Crippen LogP contribution in [0.25, 0.3) is 0 Å². The zero-order valence-electron chi connectivity index (χ0n) is 12.6. The first-order valence-corrected chi connectivity index (χ1v) is 7.04. The Balaban J connectivity index is 2.22. The highest BCUT2D eigenvalue weighted by Crippen LogP contribution is 2.25. The summed E-state index contributed by atoms with van der Waals surface area (Å²) in [5.41, 5.74) is 1.20. The van der Waals surface area contributed by atoms with Gasteiger partial charge in [-0.05, 0) is 18.2 Å². The van der Waals surface area contributed by atoms with Crippen molar-refractivity contribution in [3.05, 3.63) is 23.8 Å². The van der Waals surface area contributed by atoms with E-state index in [1.807, 2.05) is 4.90 Å². The maximum absolute atomic E-state index is 11.5. The fourth-order valence-corrected chi connectivity index (χ4v) is 2.53. The van der Waals surface area contributed by atoms with E-state index in [0.29, 0.717) is 37.6 Å². The third kappa shape index (κ3) is 3.55. The normalized spacial score (nSPS) is 14.6. The average molecular weight is 305 g/mol. The number of aromatic carboxylic acids is 1. The molecule has 7 heteroatoms. The number of carboxylic acid groups (broad SMARTS) is 1. The van der Waals surface area contributed by atoms with Crippen LogP contribution in [-0.2, 0) is 9.59 Å². The quantitative estimate of drug-likeness (QED) is 0.870.